The standard InChI is InChI=1S/C17H27NO/c1-5-8-13-18(7-3)14(4)17(19)16-11-9-15(6-2)10-12-16/h9-12,14H,5-8,13H2,1-4H3. The fourth-order valence-electron chi connectivity index (χ4n) is 2.30. The first kappa shape index (κ1) is 15.9. The molecule has 0 radical (unpaired) electrons. The maximum absolute atomic E-state index is 12.5. The van der Waals surface area contributed by atoms with Crippen LogP contribution in [0.15, 0.2) is 24.3 Å². The molecule has 0 N–H and O–H groups in total. The number of aryl methyl sites for hydroxylation is 1. The molecule has 0 saturated carbocycles. The Balaban J connectivity index is 2.73. The van der Waals surface area contributed by atoms with Gasteiger partial charge in [0, 0.05) is 5.56 Å². The van der Waals surface area contributed by atoms with Gasteiger partial charge in [0.15, 0.2) is 5.78 Å². The van der Waals surface area contributed by atoms with Crippen molar-refractivity contribution >= 4 is 5.78 Å². The summed E-state index contributed by atoms with van der Waals surface area (Å²) < 4.78 is 0. The molecular weight excluding hydrogens is 234 g/mol. The Morgan fingerprint density at radius 3 is 2.26 bits per heavy atom. The van der Waals surface area contributed by atoms with Gasteiger partial charge in [-0.2, -0.15) is 0 Å². The van der Waals surface area contributed by atoms with Crippen LogP contribution in [-0.4, -0.2) is 29.8 Å². The second-order valence-corrected chi connectivity index (χ2v) is 5.07. The van der Waals surface area contributed by atoms with Crippen LogP contribution in [0, 0.1) is 0 Å². The van der Waals surface area contributed by atoms with E-state index in [0.717, 1.165) is 31.5 Å². The van der Waals surface area contributed by atoms with Crippen LogP contribution >= 0.6 is 0 Å². The van der Waals surface area contributed by atoms with Crippen molar-refractivity contribution in [2.75, 3.05) is 13.1 Å². The molecule has 0 aliphatic rings. The van der Waals surface area contributed by atoms with Gasteiger partial charge in [0.05, 0.1) is 6.04 Å². The largest absolute Gasteiger partial charge is 0.294 e. The summed E-state index contributed by atoms with van der Waals surface area (Å²) in [5.74, 6) is 0.237. The third-order valence-electron chi connectivity index (χ3n) is 3.78. The molecule has 1 aromatic carbocycles. The first-order valence-corrected chi connectivity index (χ1v) is 7.51. The molecule has 0 aliphatic heterocycles. The lowest BCUT2D eigenvalue weighted by atomic mass is 10.0. The van der Waals surface area contributed by atoms with Crippen molar-refractivity contribution < 1.29 is 4.79 Å². The number of benzene rings is 1. The van der Waals surface area contributed by atoms with Gasteiger partial charge in [-0.05, 0) is 38.4 Å². The Hall–Kier alpha value is -1.15. The summed E-state index contributed by atoms with van der Waals surface area (Å²) in [5, 5.41) is 0. The van der Waals surface area contributed by atoms with E-state index in [0.29, 0.717) is 0 Å². The predicted octanol–water partition coefficient (Wildman–Crippen LogP) is 3.94. The molecule has 1 rings (SSSR count). The average molecular weight is 261 g/mol. The Labute approximate surface area is 117 Å². The summed E-state index contributed by atoms with van der Waals surface area (Å²) in [6, 6.07) is 8.02. The molecule has 2 heteroatoms. The molecule has 0 heterocycles. The van der Waals surface area contributed by atoms with Crippen LogP contribution < -0.4 is 0 Å². The zero-order valence-electron chi connectivity index (χ0n) is 12.8. The lowest BCUT2D eigenvalue weighted by Crippen LogP contribution is -2.39. The molecule has 1 atom stereocenters. The second kappa shape index (κ2) is 8.11. The second-order valence-electron chi connectivity index (χ2n) is 5.07. The minimum absolute atomic E-state index is 0.0240. The first-order chi connectivity index (χ1) is 9.13. The molecule has 0 aromatic heterocycles. The van der Waals surface area contributed by atoms with Gasteiger partial charge in [-0.15, -0.1) is 0 Å². The van der Waals surface area contributed by atoms with E-state index >= 15 is 0 Å². The van der Waals surface area contributed by atoms with Gasteiger partial charge in [-0.25, -0.2) is 0 Å². The summed E-state index contributed by atoms with van der Waals surface area (Å²) in [5.41, 5.74) is 2.11. The Bertz CT molecular complexity index is 383. The minimum Gasteiger partial charge on any atom is -0.294 e. The van der Waals surface area contributed by atoms with E-state index in [2.05, 4.69) is 37.8 Å². The molecule has 19 heavy (non-hydrogen) atoms. The molecule has 1 aromatic rings. The molecule has 2 nitrogen and oxygen atoms in total. The van der Waals surface area contributed by atoms with Crippen molar-refractivity contribution in [3.8, 4) is 0 Å². The number of ketones is 1. The fraction of sp³-hybridized carbons (Fsp3) is 0.588. The summed E-state index contributed by atoms with van der Waals surface area (Å²) in [7, 11) is 0. The van der Waals surface area contributed by atoms with Gasteiger partial charge in [-0.3, -0.25) is 9.69 Å². The zero-order valence-corrected chi connectivity index (χ0v) is 12.8. The van der Waals surface area contributed by atoms with E-state index in [9.17, 15) is 4.79 Å². The number of carbonyl (C=O) groups excluding carboxylic acids is 1. The van der Waals surface area contributed by atoms with Crippen LogP contribution in [0.5, 0.6) is 0 Å². The Kier molecular flexibility index (Phi) is 6.79. The maximum Gasteiger partial charge on any atom is 0.179 e. The molecule has 0 aliphatic carbocycles. The maximum atomic E-state index is 12.5. The topological polar surface area (TPSA) is 20.3 Å². The first-order valence-electron chi connectivity index (χ1n) is 7.51. The van der Waals surface area contributed by atoms with Crippen LogP contribution in [0.25, 0.3) is 0 Å². The molecule has 1 unspecified atom stereocenters. The number of hydrogen-bond donors (Lipinski definition) is 0. The number of rotatable bonds is 8. The van der Waals surface area contributed by atoms with Crippen molar-refractivity contribution in [1.29, 1.82) is 0 Å². The summed E-state index contributed by atoms with van der Waals surface area (Å²) in [6.07, 6.45) is 3.34. The number of carbonyl (C=O) groups is 1. The van der Waals surface area contributed by atoms with Crippen LogP contribution in [0.2, 0.25) is 0 Å². The third kappa shape index (κ3) is 4.46. The third-order valence-corrected chi connectivity index (χ3v) is 3.78. The highest BCUT2D eigenvalue weighted by atomic mass is 16.1. The van der Waals surface area contributed by atoms with Crippen molar-refractivity contribution in [2.24, 2.45) is 0 Å². The van der Waals surface area contributed by atoms with E-state index in [1.165, 1.54) is 12.0 Å². The van der Waals surface area contributed by atoms with Gasteiger partial charge in [0.25, 0.3) is 0 Å². The van der Waals surface area contributed by atoms with E-state index in [1.54, 1.807) is 0 Å². The molecule has 106 valence electrons. The van der Waals surface area contributed by atoms with Crippen LogP contribution in [-0.2, 0) is 6.42 Å². The van der Waals surface area contributed by atoms with Crippen LogP contribution in [0.1, 0.15) is 56.5 Å². The summed E-state index contributed by atoms with van der Waals surface area (Å²) >= 11 is 0. The fourth-order valence-corrected chi connectivity index (χ4v) is 2.30. The monoisotopic (exact) mass is 261 g/mol. The van der Waals surface area contributed by atoms with Gasteiger partial charge in [-0.1, -0.05) is 51.5 Å². The number of unbranched alkanes of at least 4 members (excludes halogenated alkanes) is 1. The van der Waals surface area contributed by atoms with Crippen molar-refractivity contribution in [1.82, 2.24) is 4.90 Å². The highest BCUT2D eigenvalue weighted by molar-refractivity contribution is 5.99. The SMILES string of the molecule is CCCCN(CC)C(C)C(=O)c1ccc(CC)cc1. The minimum atomic E-state index is -0.0240. The molecular formula is C17H27NO. The smallest absolute Gasteiger partial charge is 0.179 e. The van der Waals surface area contributed by atoms with E-state index in [1.807, 2.05) is 19.1 Å². The lowest BCUT2D eigenvalue weighted by molar-refractivity contribution is 0.0843. The quantitative estimate of drug-likeness (QED) is 0.661. The van der Waals surface area contributed by atoms with Gasteiger partial charge in [0.1, 0.15) is 0 Å². The van der Waals surface area contributed by atoms with Crippen molar-refractivity contribution in [2.45, 2.75) is 53.0 Å². The molecule has 0 fully saturated rings. The highest BCUT2D eigenvalue weighted by Gasteiger charge is 2.20. The molecule has 0 bridgehead atoms. The van der Waals surface area contributed by atoms with Crippen LogP contribution in [0.3, 0.4) is 0 Å². The van der Waals surface area contributed by atoms with Gasteiger partial charge in [0.2, 0.25) is 0 Å². The van der Waals surface area contributed by atoms with E-state index < -0.39 is 0 Å². The Morgan fingerprint density at radius 2 is 1.79 bits per heavy atom. The molecule has 0 amide bonds. The van der Waals surface area contributed by atoms with Crippen LogP contribution in [0.4, 0.5) is 0 Å². The number of Topliss-reactive ketones (excluding diaryl/α,β-unsaturated/α-hetero) is 1. The average Bonchev–Trinajstić information content (AvgIpc) is 2.47. The predicted molar refractivity (Wildman–Crippen MR) is 81.8 cm³/mol. The van der Waals surface area contributed by atoms with E-state index in [-0.39, 0.29) is 11.8 Å². The van der Waals surface area contributed by atoms with Crippen molar-refractivity contribution in [3.05, 3.63) is 35.4 Å². The summed E-state index contributed by atoms with van der Waals surface area (Å²) in [4.78, 5) is 14.7. The number of likely N-dealkylation sites (N-methyl/N-ethyl adjacent to an activating group) is 1. The van der Waals surface area contributed by atoms with Gasteiger partial charge >= 0.3 is 0 Å². The zero-order chi connectivity index (χ0) is 14.3. The van der Waals surface area contributed by atoms with Gasteiger partial charge < -0.3 is 0 Å². The highest BCUT2D eigenvalue weighted by Crippen LogP contribution is 2.12. The Morgan fingerprint density at radius 1 is 1.16 bits per heavy atom. The summed E-state index contributed by atoms with van der Waals surface area (Å²) in [6.45, 7) is 10.4. The van der Waals surface area contributed by atoms with E-state index in [4.69, 9.17) is 0 Å². The molecule has 0 saturated heterocycles. The lowest BCUT2D eigenvalue weighted by Gasteiger charge is -2.26. The van der Waals surface area contributed by atoms with Crippen molar-refractivity contribution in [3.63, 3.8) is 0 Å². The number of hydrogen-bond acceptors (Lipinski definition) is 2. The molecule has 0 spiro atoms. The normalized spacial score (nSPS) is 12.7. The number of nitrogens with zero attached hydrogens (tertiary/aromatic N) is 1.